The van der Waals surface area contributed by atoms with Crippen LogP contribution in [0.2, 0.25) is 0 Å². The molecule has 1 aliphatic heterocycles. The number of rotatable bonds is 9. The number of hydrogen-bond acceptors (Lipinski definition) is 4. The number of piperidine rings is 1. The van der Waals surface area contributed by atoms with Crippen molar-refractivity contribution < 1.29 is 19.0 Å². The Hall–Kier alpha value is -1.13. The van der Waals surface area contributed by atoms with Gasteiger partial charge >= 0.3 is 0 Å². The van der Waals surface area contributed by atoms with Crippen molar-refractivity contribution in [3.63, 3.8) is 0 Å². The second-order valence-electron chi connectivity index (χ2n) is 8.28. The number of benzene rings is 1. The summed E-state index contributed by atoms with van der Waals surface area (Å²) in [5, 5.41) is 13.5. The smallest absolute Gasteiger partial charge is 0.194 e. The molecule has 1 atom stereocenters. The fourth-order valence-corrected chi connectivity index (χ4v) is 4.08. The minimum Gasteiger partial charge on any atom is -0.491 e. The van der Waals surface area contributed by atoms with Crippen molar-refractivity contribution in [2.45, 2.75) is 57.7 Å². The fourth-order valence-electron chi connectivity index (χ4n) is 4.08. The van der Waals surface area contributed by atoms with E-state index in [-0.39, 0.29) is 42.9 Å². The van der Waals surface area contributed by atoms with Crippen LogP contribution in [0.15, 0.2) is 29.3 Å². The molecule has 176 valence electrons. The Morgan fingerprint density at radius 1 is 1.19 bits per heavy atom. The first-order valence-electron chi connectivity index (χ1n) is 11.4. The van der Waals surface area contributed by atoms with Crippen LogP contribution in [0.1, 0.15) is 45.4 Å². The van der Waals surface area contributed by atoms with Crippen LogP contribution >= 0.6 is 24.0 Å². The van der Waals surface area contributed by atoms with E-state index in [9.17, 15) is 9.50 Å². The van der Waals surface area contributed by atoms with Crippen LogP contribution < -0.4 is 10.1 Å². The zero-order chi connectivity index (χ0) is 21.2. The Labute approximate surface area is 202 Å². The monoisotopic (exact) mass is 549 g/mol. The number of nitrogens with zero attached hydrogens (tertiary/aromatic N) is 2. The summed E-state index contributed by atoms with van der Waals surface area (Å²) in [6.45, 7) is 5.92. The van der Waals surface area contributed by atoms with Gasteiger partial charge in [-0.1, -0.05) is 12.8 Å². The average Bonchev–Trinajstić information content (AvgIpc) is 3.29. The van der Waals surface area contributed by atoms with E-state index in [1.807, 2.05) is 6.92 Å². The molecule has 0 radical (unpaired) electrons. The number of halogens is 2. The molecule has 0 aromatic heterocycles. The van der Waals surface area contributed by atoms with Crippen LogP contribution in [0.5, 0.6) is 5.75 Å². The molecule has 0 spiro atoms. The van der Waals surface area contributed by atoms with Crippen molar-refractivity contribution in [3.05, 3.63) is 30.1 Å². The number of aliphatic imine (C=N–C) groups is 1. The van der Waals surface area contributed by atoms with Crippen molar-refractivity contribution in [3.8, 4) is 5.75 Å². The summed E-state index contributed by atoms with van der Waals surface area (Å²) in [4.78, 5) is 6.84. The standard InChI is InChI=1S/C23H36FN3O3.HI/c1-2-25-23(26-15-20(28)17-30-21-9-7-19(24)8-10-21)27-13-11-22(12-14-27)29-16-18-5-3-4-6-18;/h7-10,18,20,22,28H,2-6,11-17H2,1H3,(H,25,26);1H. The maximum Gasteiger partial charge on any atom is 0.194 e. The number of guanidine groups is 1. The predicted molar refractivity (Wildman–Crippen MR) is 132 cm³/mol. The lowest BCUT2D eigenvalue weighted by Crippen LogP contribution is -2.47. The third-order valence-electron chi connectivity index (χ3n) is 5.83. The third-order valence-corrected chi connectivity index (χ3v) is 5.83. The summed E-state index contributed by atoms with van der Waals surface area (Å²) in [6.07, 6.45) is 6.99. The summed E-state index contributed by atoms with van der Waals surface area (Å²) < 4.78 is 24.6. The van der Waals surface area contributed by atoms with E-state index >= 15 is 0 Å². The fraction of sp³-hybridized carbons (Fsp3) is 0.696. The molecule has 2 fully saturated rings. The molecule has 1 unspecified atom stereocenters. The lowest BCUT2D eigenvalue weighted by atomic mass is 10.1. The number of hydrogen-bond donors (Lipinski definition) is 2. The lowest BCUT2D eigenvalue weighted by molar-refractivity contribution is 0.000964. The topological polar surface area (TPSA) is 66.3 Å². The molecule has 1 heterocycles. The van der Waals surface area contributed by atoms with Crippen molar-refractivity contribution in [1.82, 2.24) is 10.2 Å². The molecule has 1 aromatic carbocycles. The SMILES string of the molecule is CCNC(=NCC(O)COc1ccc(F)cc1)N1CCC(OCC2CCCC2)CC1.I. The minimum atomic E-state index is -0.726. The normalized spacial score (nSPS) is 19.2. The van der Waals surface area contributed by atoms with Gasteiger partial charge in [-0.3, -0.25) is 4.99 Å². The van der Waals surface area contributed by atoms with Gasteiger partial charge in [-0.15, -0.1) is 24.0 Å². The van der Waals surface area contributed by atoms with E-state index in [0.29, 0.717) is 11.9 Å². The summed E-state index contributed by atoms with van der Waals surface area (Å²) in [6, 6.07) is 5.77. The minimum absolute atomic E-state index is 0. The number of nitrogens with one attached hydrogen (secondary N) is 1. The summed E-state index contributed by atoms with van der Waals surface area (Å²) in [5.41, 5.74) is 0. The molecule has 8 heteroatoms. The van der Waals surface area contributed by atoms with Gasteiger partial charge in [0, 0.05) is 26.2 Å². The van der Waals surface area contributed by atoms with E-state index in [1.165, 1.54) is 37.8 Å². The van der Waals surface area contributed by atoms with E-state index in [4.69, 9.17) is 9.47 Å². The molecule has 1 aromatic rings. The van der Waals surface area contributed by atoms with Crippen LogP contribution in [0, 0.1) is 11.7 Å². The van der Waals surface area contributed by atoms with Gasteiger partial charge in [0.25, 0.3) is 0 Å². The third kappa shape index (κ3) is 9.10. The highest BCUT2D eigenvalue weighted by Gasteiger charge is 2.24. The van der Waals surface area contributed by atoms with E-state index < -0.39 is 6.10 Å². The highest BCUT2D eigenvalue weighted by molar-refractivity contribution is 14.0. The Morgan fingerprint density at radius 3 is 2.52 bits per heavy atom. The molecular weight excluding hydrogens is 512 g/mol. The van der Waals surface area contributed by atoms with Gasteiger partial charge < -0.3 is 24.8 Å². The Balaban J connectivity index is 0.00000341. The van der Waals surface area contributed by atoms with Gasteiger partial charge in [-0.25, -0.2) is 4.39 Å². The molecule has 3 rings (SSSR count). The van der Waals surface area contributed by atoms with Gasteiger partial charge in [0.05, 0.1) is 12.6 Å². The predicted octanol–water partition coefficient (Wildman–Crippen LogP) is 3.82. The molecule has 2 aliphatic rings. The quantitative estimate of drug-likeness (QED) is 0.279. The largest absolute Gasteiger partial charge is 0.491 e. The number of ether oxygens (including phenoxy) is 2. The van der Waals surface area contributed by atoms with E-state index in [0.717, 1.165) is 51.0 Å². The van der Waals surface area contributed by atoms with Gasteiger partial charge in [-0.05, 0) is 62.8 Å². The van der Waals surface area contributed by atoms with Gasteiger partial charge in [-0.2, -0.15) is 0 Å². The molecular formula is C23H37FIN3O3. The second kappa shape index (κ2) is 14.1. The first-order chi connectivity index (χ1) is 14.6. The van der Waals surface area contributed by atoms with E-state index in [2.05, 4.69) is 15.2 Å². The lowest BCUT2D eigenvalue weighted by Gasteiger charge is -2.34. The summed E-state index contributed by atoms with van der Waals surface area (Å²) in [5.74, 6) is 1.81. The first kappa shape index (κ1) is 26.1. The second-order valence-corrected chi connectivity index (χ2v) is 8.28. The van der Waals surface area contributed by atoms with Crippen LogP contribution in [-0.4, -0.2) is 67.6 Å². The molecule has 1 saturated heterocycles. The molecule has 6 nitrogen and oxygen atoms in total. The highest BCUT2D eigenvalue weighted by atomic mass is 127. The van der Waals surface area contributed by atoms with Crippen LogP contribution in [0.4, 0.5) is 4.39 Å². The van der Waals surface area contributed by atoms with Gasteiger partial charge in [0.1, 0.15) is 24.3 Å². The van der Waals surface area contributed by atoms with E-state index in [1.54, 1.807) is 12.1 Å². The highest BCUT2D eigenvalue weighted by Crippen LogP contribution is 2.26. The van der Waals surface area contributed by atoms with Crippen molar-refractivity contribution in [1.29, 1.82) is 0 Å². The molecule has 0 bridgehead atoms. The maximum absolute atomic E-state index is 12.9. The van der Waals surface area contributed by atoms with Crippen LogP contribution in [-0.2, 0) is 4.74 Å². The molecule has 2 N–H and O–H groups in total. The zero-order valence-electron chi connectivity index (χ0n) is 18.5. The molecule has 1 aliphatic carbocycles. The van der Waals surface area contributed by atoms with Crippen molar-refractivity contribution in [2.75, 3.05) is 39.4 Å². The molecule has 1 saturated carbocycles. The van der Waals surface area contributed by atoms with Crippen LogP contribution in [0.3, 0.4) is 0 Å². The number of aliphatic hydroxyl groups is 1. The van der Waals surface area contributed by atoms with Crippen LogP contribution in [0.25, 0.3) is 0 Å². The maximum atomic E-state index is 12.9. The zero-order valence-corrected chi connectivity index (χ0v) is 20.8. The number of likely N-dealkylation sites (tertiary alicyclic amines) is 1. The molecule has 0 amide bonds. The number of aliphatic hydroxyl groups excluding tert-OH is 1. The Kier molecular flexibility index (Phi) is 11.9. The van der Waals surface area contributed by atoms with Gasteiger partial charge in [0.2, 0.25) is 0 Å². The van der Waals surface area contributed by atoms with Crippen molar-refractivity contribution in [2.24, 2.45) is 10.9 Å². The first-order valence-corrected chi connectivity index (χ1v) is 11.4. The summed E-state index contributed by atoms with van der Waals surface area (Å²) in [7, 11) is 0. The summed E-state index contributed by atoms with van der Waals surface area (Å²) >= 11 is 0. The van der Waals surface area contributed by atoms with Gasteiger partial charge in [0.15, 0.2) is 5.96 Å². The Morgan fingerprint density at radius 2 is 1.87 bits per heavy atom. The molecule has 31 heavy (non-hydrogen) atoms. The van der Waals surface area contributed by atoms with Crippen molar-refractivity contribution >= 4 is 29.9 Å². The Bertz CT molecular complexity index is 648. The average molecular weight is 549 g/mol.